The first-order valence-corrected chi connectivity index (χ1v) is 9.80. The number of carbonyl (C=O) groups is 1. The summed E-state index contributed by atoms with van der Waals surface area (Å²) in [5.74, 6) is 0.732. The van der Waals surface area contributed by atoms with Crippen LogP contribution in [-0.4, -0.2) is 39.2 Å². The van der Waals surface area contributed by atoms with E-state index in [4.69, 9.17) is 0 Å². The number of amides is 1. The van der Waals surface area contributed by atoms with Gasteiger partial charge in [-0.05, 0) is 44.0 Å². The first-order valence-electron chi connectivity index (χ1n) is 8.92. The molecule has 3 aromatic rings. The van der Waals surface area contributed by atoms with Crippen molar-refractivity contribution >= 4 is 28.2 Å². The van der Waals surface area contributed by atoms with Gasteiger partial charge in [-0.3, -0.25) is 9.78 Å². The Labute approximate surface area is 161 Å². The third-order valence-electron chi connectivity index (χ3n) is 4.56. The molecular formula is C19H20N6OS. The minimum Gasteiger partial charge on any atom is -0.354 e. The summed E-state index contributed by atoms with van der Waals surface area (Å²) in [5.41, 5.74) is 2.46. The first-order chi connectivity index (χ1) is 13.2. The Bertz CT molecular complexity index is 911. The van der Waals surface area contributed by atoms with Crippen LogP contribution in [0.4, 0.5) is 10.9 Å². The molecule has 7 nitrogen and oxygen atoms in total. The molecule has 1 amide bonds. The molecule has 27 heavy (non-hydrogen) atoms. The number of thiazole rings is 1. The van der Waals surface area contributed by atoms with Crippen LogP contribution in [0.3, 0.4) is 0 Å². The van der Waals surface area contributed by atoms with E-state index in [2.05, 4.69) is 30.4 Å². The lowest BCUT2D eigenvalue weighted by Gasteiger charge is -2.32. The van der Waals surface area contributed by atoms with Crippen molar-refractivity contribution < 1.29 is 4.79 Å². The number of nitrogens with one attached hydrogen (secondary N) is 1. The van der Waals surface area contributed by atoms with Gasteiger partial charge in [0, 0.05) is 24.7 Å². The highest BCUT2D eigenvalue weighted by Gasteiger charge is 2.27. The van der Waals surface area contributed by atoms with Gasteiger partial charge in [0.15, 0.2) is 10.9 Å². The van der Waals surface area contributed by atoms with E-state index in [-0.39, 0.29) is 11.8 Å². The molecule has 0 aromatic carbocycles. The van der Waals surface area contributed by atoms with Crippen molar-refractivity contribution in [3.63, 3.8) is 0 Å². The SMILES string of the molecule is Cc1ccc(N2CCCC(C(=O)Nc3nc(-c4ccccn4)cs3)C2)nn1. The smallest absolute Gasteiger partial charge is 0.231 e. The first kappa shape index (κ1) is 17.5. The van der Waals surface area contributed by atoms with Crippen molar-refractivity contribution in [1.82, 2.24) is 20.2 Å². The van der Waals surface area contributed by atoms with E-state index in [9.17, 15) is 4.79 Å². The lowest BCUT2D eigenvalue weighted by molar-refractivity contribution is -0.120. The maximum absolute atomic E-state index is 12.7. The highest BCUT2D eigenvalue weighted by Crippen LogP contribution is 2.26. The van der Waals surface area contributed by atoms with Crippen LogP contribution in [0.15, 0.2) is 41.9 Å². The van der Waals surface area contributed by atoms with Gasteiger partial charge in [-0.25, -0.2) is 4.98 Å². The molecule has 1 N–H and O–H groups in total. The number of hydrogen-bond acceptors (Lipinski definition) is 7. The number of nitrogens with zero attached hydrogens (tertiary/aromatic N) is 5. The Hall–Kier alpha value is -2.87. The van der Waals surface area contributed by atoms with Crippen molar-refractivity contribution in [3.8, 4) is 11.4 Å². The van der Waals surface area contributed by atoms with Gasteiger partial charge >= 0.3 is 0 Å². The quantitative estimate of drug-likeness (QED) is 0.748. The van der Waals surface area contributed by atoms with Crippen LogP contribution < -0.4 is 10.2 Å². The summed E-state index contributed by atoms with van der Waals surface area (Å²) in [7, 11) is 0. The van der Waals surface area contributed by atoms with Crippen molar-refractivity contribution in [2.24, 2.45) is 5.92 Å². The molecule has 138 valence electrons. The van der Waals surface area contributed by atoms with Gasteiger partial charge < -0.3 is 10.2 Å². The van der Waals surface area contributed by atoms with E-state index >= 15 is 0 Å². The van der Waals surface area contributed by atoms with Crippen LogP contribution in [0.2, 0.25) is 0 Å². The Morgan fingerprint density at radius 1 is 1.22 bits per heavy atom. The molecule has 0 spiro atoms. The topological polar surface area (TPSA) is 83.9 Å². The molecule has 1 aliphatic heterocycles. The number of aryl methyl sites for hydroxylation is 1. The lowest BCUT2D eigenvalue weighted by atomic mass is 9.97. The molecule has 1 atom stereocenters. The molecule has 0 saturated carbocycles. The van der Waals surface area contributed by atoms with Crippen LogP contribution in [0, 0.1) is 12.8 Å². The summed E-state index contributed by atoms with van der Waals surface area (Å²) in [6.07, 6.45) is 3.54. The average molecular weight is 380 g/mol. The number of aromatic nitrogens is 4. The fourth-order valence-corrected chi connectivity index (χ4v) is 3.84. The molecule has 0 radical (unpaired) electrons. The average Bonchev–Trinajstić information content (AvgIpc) is 3.18. The molecule has 1 unspecified atom stereocenters. The van der Waals surface area contributed by atoms with Crippen molar-refractivity contribution in [3.05, 3.63) is 47.6 Å². The van der Waals surface area contributed by atoms with Gasteiger partial charge in [0.05, 0.1) is 17.3 Å². The molecule has 0 bridgehead atoms. The summed E-state index contributed by atoms with van der Waals surface area (Å²) < 4.78 is 0. The number of rotatable bonds is 4. The predicted octanol–water partition coefficient (Wildman–Crippen LogP) is 3.16. The minimum atomic E-state index is -0.0935. The van der Waals surface area contributed by atoms with Crippen molar-refractivity contribution in [1.29, 1.82) is 0 Å². The number of piperidine rings is 1. The maximum Gasteiger partial charge on any atom is 0.231 e. The zero-order chi connectivity index (χ0) is 18.6. The molecule has 1 fully saturated rings. The van der Waals surface area contributed by atoms with Crippen LogP contribution in [-0.2, 0) is 4.79 Å². The summed E-state index contributed by atoms with van der Waals surface area (Å²) in [6, 6.07) is 9.60. The Kier molecular flexibility index (Phi) is 5.06. The van der Waals surface area contributed by atoms with E-state index in [0.717, 1.165) is 42.3 Å². The van der Waals surface area contributed by atoms with E-state index in [1.165, 1.54) is 11.3 Å². The fraction of sp³-hybridized carbons (Fsp3) is 0.316. The monoisotopic (exact) mass is 380 g/mol. The molecular weight excluding hydrogens is 360 g/mol. The van der Waals surface area contributed by atoms with E-state index in [1.54, 1.807) is 6.20 Å². The fourth-order valence-electron chi connectivity index (χ4n) is 3.13. The second-order valence-corrected chi connectivity index (χ2v) is 7.42. The van der Waals surface area contributed by atoms with Crippen LogP contribution in [0.1, 0.15) is 18.5 Å². The molecule has 1 aliphatic rings. The van der Waals surface area contributed by atoms with Crippen LogP contribution >= 0.6 is 11.3 Å². The third-order valence-corrected chi connectivity index (χ3v) is 5.32. The van der Waals surface area contributed by atoms with Gasteiger partial charge in [0.2, 0.25) is 5.91 Å². The van der Waals surface area contributed by atoms with E-state index < -0.39 is 0 Å². The van der Waals surface area contributed by atoms with Crippen molar-refractivity contribution in [2.45, 2.75) is 19.8 Å². The van der Waals surface area contributed by atoms with Gasteiger partial charge in [0.1, 0.15) is 5.69 Å². The number of hydrogen-bond donors (Lipinski definition) is 1. The predicted molar refractivity (Wildman–Crippen MR) is 106 cm³/mol. The molecule has 4 rings (SSSR count). The van der Waals surface area contributed by atoms with Crippen LogP contribution in [0.5, 0.6) is 0 Å². The third kappa shape index (κ3) is 4.11. The summed E-state index contributed by atoms with van der Waals surface area (Å²) in [5, 5.41) is 13.8. The van der Waals surface area contributed by atoms with E-state index in [0.29, 0.717) is 11.7 Å². The number of anilines is 2. The van der Waals surface area contributed by atoms with Crippen molar-refractivity contribution in [2.75, 3.05) is 23.3 Å². The highest BCUT2D eigenvalue weighted by molar-refractivity contribution is 7.14. The highest BCUT2D eigenvalue weighted by atomic mass is 32.1. The molecule has 0 aliphatic carbocycles. The summed E-state index contributed by atoms with van der Waals surface area (Å²) >= 11 is 1.42. The second-order valence-electron chi connectivity index (χ2n) is 6.56. The van der Waals surface area contributed by atoms with E-state index in [1.807, 2.05) is 42.6 Å². The zero-order valence-electron chi connectivity index (χ0n) is 15.0. The Morgan fingerprint density at radius 2 is 2.15 bits per heavy atom. The summed E-state index contributed by atoms with van der Waals surface area (Å²) in [4.78, 5) is 23.6. The standard InChI is InChI=1S/C19H20N6OS/c1-13-7-8-17(24-23-13)25-10-4-5-14(11-25)18(26)22-19-21-16(12-27-19)15-6-2-3-9-20-15/h2-3,6-9,12,14H,4-5,10-11H2,1H3,(H,21,22,26). The molecule has 3 aromatic heterocycles. The molecule has 8 heteroatoms. The number of pyridine rings is 1. The molecule has 1 saturated heterocycles. The summed E-state index contributed by atoms with van der Waals surface area (Å²) in [6.45, 7) is 3.45. The van der Waals surface area contributed by atoms with Crippen LogP contribution in [0.25, 0.3) is 11.4 Å². The Balaban J connectivity index is 1.41. The lowest BCUT2D eigenvalue weighted by Crippen LogP contribution is -2.41. The zero-order valence-corrected chi connectivity index (χ0v) is 15.8. The van der Waals surface area contributed by atoms with Gasteiger partial charge in [-0.15, -0.1) is 16.4 Å². The van der Waals surface area contributed by atoms with Gasteiger partial charge in [0.25, 0.3) is 0 Å². The number of carbonyl (C=O) groups excluding carboxylic acids is 1. The molecule has 4 heterocycles. The maximum atomic E-state index is 12.7. The van der Waals surface area contributed by atoms with Gasteiger partial charge in [-0.2, -0.15) is 5.10 Å². The Morgan fingerprint density at radius 3 is 2.93 bits per heavy atom. The minimum absolute atomic E-state index is 0.00157. The van der Waals surface area contributed by atoms with Gasteiger partial charge in [-0.1, -0.05) is 6.07 Å². The second kappa shape index (κ2) is 7.79. The largest absolute Gasteiger partial charge is 0.354 e. The normalized spacial score (nSPS) is 16.9.